The molecule has 1 unspecified atom stereocenters. The van der Waals surface area contributed by atoms with Gasteiger partial charge >= 0.3 is 0 Å². The monoisotopic (exact) mass is 564 g/mol. The molecule has 6 nitrogen and oxygen atoms in total. The number of rotatable bonds is 3. The maximum absolute atomic E-state index is 13.3. The van der Waals surface area contributed by atoms with E-state index < -0.39 is 0 Å². The van der Waals surface area contributed by atoms with Crippen LogP contribution in [0.1, 0.15) is 96.4 Å². The van der Waals surface area contributed by atoms with Crippen LogP contribution in [0.4, 0.5) is 11.4 Å². The molecule has 2 aliphatic heterocycles. The van der Waals surface area contributed by atoms with Crippen molar-refractivity contribution in [2.45, 2.75) is 44.9 Å². The van der Waals surface area contributed by atoms with Gasteiger partial charge in [-0.2, -0.15) is 0 Å². The molecular weight excluding hydrogens is 536 g/mol. The summed E-state index contributed by atoms with van der Waals surface area (Å²) in [6.07, 6.45) is 6.29. The Morgan fingerprint density at radius 3 is 1.84 bits per heavy atom. The van der Waals surface area contributed by atoms with Crippen molar-refractivity contribution in [1.82, 2.24) is 0 Å². The second-order valence-corrected chi connectivity index (χ2v) is 12.5. The highest BCUT2D eigenvalue weighted by Crippen LogP contribution is 2.54. The minimum atomic E-state index is -0.390. The fourth-order valence-electron chi connectivity index (χ4n) is 7.18. The number of hydrogen-bond donors (Lipinski definition) is 0. The Bertz CT molecular complexity index is 2000. The molecule has 2 heterocycles. The smallest absolute Gasteiger partial charge is 0.266 e. The summed E-state index contributed by atoms with van der Waals surface area (Å²) in [5, 5.41) is 0. The van der Waals surface area contributed by atoms with E-state index in [9.17, 15) is 19.2 Å². The number of carbonyl (C=O) groups is 4. The van der Waals surface area contributed by atoms with E-state index in [0.717, 1.165) is 28.7 Å². The first-order chi connectivity index (χ1) is 20.4. The zero-order valence-electron chi connectivity index (χ0n) is 24.3. The van der Waals surface area contributed by atoms with E-state index in [-0.39, 0.29) is 34.5 Å². The summed E-state index contributed by atoms with van der Waals surface area (Å²) in [7, 11) is 0. The van der Waals surface area contributed by atoms with Crippen molar-refractivity contribution in [2.75, 3.05) is 9.80 Å². The molecule has 0 radical (unpaired) electrons. The van der Waals surface area contributed by atoms with Crippen molar-refractivity contribution in [1.29, 1.82) is 0 Å². The molecule has 1 aliphatic carbocycles. The molecule has 7 rings (SSSR count). The molecule has 0 saturated heterocycles. The largest absolute Gasteiger partial charge is 0.268 e. The molecule has 6 heteroatoms. The van der Waals surface area contributed by atoms with Crippen LogP contribution in [-0.2, 0) is 10.8 Å². The first kappa shape index (κ1) is 26.6. The van der Waals surface area contributed by atoms with Crippen LogP contribution in [0.2, 0.25) is 0 Å². The standard InChI is InChI=1S/C37H28N2O4/c1-6-22-8-15-27-29(18-22)35(43)38(32(27)40)24-11-9-23(10-12-24)37(5)20-36(3,4)31-19-25(13-16-30(31)37)39-33(41)26-14-7-21(2)17-28(26)34(39)42/h1,7-19H,20H2,2-5H3. The van der Waals surface area contributed by atoms with E-state index in [1.165, 1.54) is 9.80 Å². The topological polar surface area (TPSA) is 74.8 Å². The maximum atomic E-state index is 13.3. The van der Waals surface area contributed by atoms with Crippen LogP contribution < -0.4 is 9.80 Å². The van der Waals surface area contributed by atoms with Crippen molar-refractivity contribution in [3.8, 4) is 12.3 Å². The van der Waals surface area contributed by atoms with Gasteiger partial charge in [0.25, 0.3) is 23.6 Å². The zero-order valence-corrected chi connectivity index (χ0v) is 24.3. The Hall–Kier alpha value is -5.28. The number of hydrogen-bond acceptors (Lipinski definition) is 4. The van der Waals surface area contributed by atoms with Crippen LogP contribution in [0, 0.1) is 19.3 Å². The van der Waals surface area contributed by atoms with Crippen molar-refractivity contribution in [2.24, 2.45) is 0 Å². The molecule has 210 valence electrons. The number of carbonyl (C=O) groups excluding carboxylic acids is 4. The quantitative estimate of drug-likeness (QED) is 0.209. The molecule has 4 aromatic rings. The van der Waals surface area contributed by atoms with Gasteiger partial charge in [-0.15, -0.1) is 6.42 Å². The lowest BCUT2D eigenvalue weighted by atomic mass is 9.75. The number of terminal acetylenes is 1. The zero-order chi connectivity index (χ0) is 30.4. The normalized spacial score (nSPS) is 19.9. The third-order valence-corrected chi connectivity index (χ3v) is 9.24. The summed E-state index contributed by atoms with van der Waals surface area (Å²) in [6, 6.07) is 23.6. The average molecular weight is 565 g/mol. The molecule has 4 amide bonds. The summed E-state index contributed by atoms with van der Waals surface area (Å²) >= 11 is 0. The fraction of sp³-hybridized carbons (Fsp3) is 0.189. The molecule has 1 atom stereocenters. The predicted molar refractivity (Wildman–Crippen MR) is 165 cm³/mol. The summed E-state index contributed by atoms with van der Waals surface area (Å²) in [5.74, 6) is 1.14. The highest BCUT2D eigenvalue weighted by Gasteiger charge is 2.47. The molecule has 0 fully saturated rings. The molecule has 0 spiro atoms. The highest BCUT2D eigenvalue weighted by molar-refractivity contribution is 6.35. The molecular formula is C37H28N2O4. The van der Waals surface area contributed by atoms with E-state index in [0.29, 0.717) is 39.2 Å². The number of fused-ring (bicyclic) bond motifs is 3. The molecule has 4 aromatic carbocycles. The van der Waals surface area contributed by atoms with Gasteiger partial charge in [-0.25, -0.2) is 9.80 Å². The van der Waals surface area contributed by atoms with Gasteiger partial charge in [0.15, 0.2) is 0 Å². The number of benzene rings is 4. The van der Waals surface area contributed by atoms with Gasteiger partial charge < -0.3 is 0 Å². The first-order valence-electron chi connectivity index (χ1n) is 14.2. The summed E-state index contributed by atoms with van der Waals surface area (Å²) in [6.45, 7) is 8.43. The van der Waals surface area contributed by atoms with Gasteiger partial charge in [0.1, 0.15) is 0 Å². The van der Waals surface area contributed by atoms with Gasteiger partial charge in [-0.05, 0) is 90.0 Å². The number of nitrogens with zero attached hydrogens (tertiary/aromatic N) is 2. The van der Waals surface area contributed by atoms with Gasteiger partial charge in [-0.3, -0.25) is 19.2 Å². The van der Waals surface area contributed by atoms with Crippen LogP contribution in [0.3, 0.4) is 0 Å². The SMILES string of the molecule is C#Cc1ccc2c(c1)C(=O)N(c1ccc(C3(C)CC(C)(C)c4cc(N5C(=O)c6ccc(C)cc6C5=O)ccc43)cc1)C2=O. The Kier molecular flexibility index (Phi) is 5.48. The maximum Gasteiger partial charge on any atom is 0.266 e. The first-order valence-corrected chi connectivity index (χ1v) is 14.2. The van der Waals surface area contributed by atoms with E-state index in [4.69, 9.17) is 6.42 Å². The summed E-state index contributed by atoms with van der Waals surface area (Å²) in [5.41, 5.74) is 6.67. The van der Waals surface area contributed by atoms with E-state index in [2.05, 4.69) is 26.7 Å². The lowest BCUT2D eigenvalue weighted by Crippen LogP contribution is -2.30. The summed E-state index contributed by atoms with van der Waals surface area (Å²) in [4.78, 5) is 55.4. The Balaban J connectivity index is 1.22. The fourth-order valence-corrected chi connectivity index (χ4v) is 7.18. The van der Waals surface area contributed by atoms with Gasteiger partial charge in [0.05, 0.1) is 33.6 Å². The number of anilines is 2. The average Bonchev–Trinajstić information content (AvgIpc) is 3.48. The van der Waals surface area contributed by atoms with Crippen LogP contribution in [0.15, 0.2) is 78.9 Å². The molecule has 43 heavy (non-hydrogen) atoms. The van der Waals surface area contributed by atoms with E-state index >= 15 is 0 Å². The van der Waals surface area contributed by atoms with Gasteiger partial charge in [0, 0.05) is 11.0 Å². The van der Waals surface area contributed by atoms with E-state index in [1.807, 2.05) is 55.5 Å². The minimum Gasteiger partial charge on any atom is -0.268 e. The molecule has 0 saturated carbocycles. The Morgan fingerprint density at radius 1 is 0.628 bits per heavy atom. The number of aryl methyl sites for hydroxylation is 1. The van der Waals surface area contributed by atoms with Gasteiger partial charge in [0.2, 0.25) is 0 Å². The second kappa shape index (κ2) is 8.86. The van der Waals surface area contributed by atoms with Crippen LogP contribution in [-0.4, -0.2) is 23.6 Å². The second-order valence-electron chi connectivity index (χ2n) is 12.5. The van der Waals surface area contributed by atoms with Crippen molar-refractivity contribution >= 4 is 35.0 Å². The molecule has 3 aliphatic rings. The van der Waals surface area contributed by atoms with Crippen molar-refractivity contribution in [3.63, 3.8) is 0 Å². The Morgan fingerprint density at radius 2 is 1.19 bits per heavy atom. The third kappa shape index (κ3) is 3.68. The highest BCUT2D eigenvalue weighted by atomic mass is 16.2. The summed E-state index contributed by atoms with van der Waals surface area (Å²) < 4.78 is 0. The lowest BCUT2D eigenvalue weighted by molar-refractivity contribution is 0.0910. The third-order valence-electron chi connectivity index (χ3n) is 9.24. The number of amides is 4. The molecule has 0 N–H and O–H groups in total. The van der Waals surface area contributed by atoms with Crippen molar-refractivity contribution in [3.05, 3.63) is 129 Å². The van der Waals surface area contributed by atoms with E-state index in [1.54, 1.807) is 30.3 Å². The molecule has 0 bridgehead atoms. The van der Waals surface area contributed by atoms with Crippen LogP contribution >= 0.6 is 0 Å². The van der Waals surface area contributed by atoms with Gasteiger partial charge in [-0.1, -0.05) is 56.5 Å². The minimum absolute atomic E-state index is 0.245. The predicted octanol–water partition coefficient (Wildman–Crippen LogP) is 6.56. The Labute approximate surface area is 249 Å². The van der Waals surface area contributed by atoms with Crippen LogP contribution in [0.25, 0.3) is 0 Å². The number of imide groups is 2. The van der Waals surface area contributed by atoms with Crippen molar-refractivity contribution < 1.29 is 19.2 Å². The van der Waals surface area contributed by atoms with Crippen LogP contribution in [0.5, 0.6) is 0 Å². The lowest BCUT2D eigenvalue weighted by Gasteiger charge is -2.29. The molecule has 0 aromatic heterocycles.